The van der Waals surface area contributed by atoms with Crippen molar-refractivity contribution in [3.63, 3.8) is 0 Å². The van der Waals surface area contributed by atoms with E-state index in [0.29, 0.717) is 62.5 Å². The Kier molecular flexibility index (Phi) is 8.13. The average Bonchev–Trinajstić information content (AvgIpc) is 3.48. The van der Waals surface area contributed by atoms with Crippen LogP contribution in [0.2, 0.25) is 0 Å². The van der Waals surface area contributed by atoms with Gasteiger partial charge in [-0.1, -0.05) is 13.8 Å². The first-order valence-corrected chi connectivity index (χ1v) is 13.1. The highest BCUT2D eigenvalue weighted by atomic mass is 32.1. The fraction of sp³-hybridized carbons (Fsp3) is 0.560. The van der Waals surface area contributed by atoms with E-state index in [9.17, 15) is 18.3 Å². The lowest BCUT2D eigenvalue weighted by Crippen LogP contribution is -2.45. The van der Waals surface area contributed by atoms with Gasteiger partial charge in [-0.3, -0.25) is 19.5 Å². The SMILES string of the molecule is CC.Cc1cnc(Cn2cc(CN3CCC4(CC3)OCCc3c4sc(C(F)(F)F)c3CO)cn2)cn1. The van der Waals surface area contributed by atoms with Crippen LogP contribution in [0, 0.1) is 6.92 Å². The predicted octanol–water partition coefficient (Wildman–Crippen LogP) is 4.69. The molecule has 0 aromatic carbocycles. The Bertz CT molecular complexity index is 1150. The number of hydrogen-bond acceptors (Lipinski definition) is 7. The van der Waals surface area contributed by atoms with E-state index in [1.807, 2.05) is 37.8 Å². The summed E-state index contributed by atoms with van der Waals surface area (Å²) in [6.45, 7) is 8.35. The first kappa shape index (κ1) is 26.7. The molecule has 2 aliphatic heterocycles. The molecule has 1 N–H and O–H groups in total. The molecule has 0 amide bonds. The number of rotatable bonds is 5. The van der Waals surface area contributed by atoms with E-state index < -0.39 is 23.3 Å². The quantitative estimate of drug-likeness (QED) is 0.523. The van der Waals surface area contributed by atoms with E-state index in [1.54, 1.807) is 12.4 Å². The normalized spacial score (nSPS) is 17.5. The fourth-order valence-corrected chi connectivity index (χ4v) is 6.31. The molecule has 3 aromatic heterocycles. The molecule has 1 fully saturated rings. The van der Waals surface area contributed by atoms with Crippen molar-refractivity contribution in [2.24, 2.45) is 0 Å². The topological polar surface area (TPSA) is 76.3 Å². The number of ether oxygens (including phenoxy) is 1. The second kappa shape index (κ2) is 11.0. The molecule has 1 saturated heterocycles. The molecule has 0 unspecified atom stereocenters. The van der Waals surface area contributed by atoms with Gasteiger partial charge >= 0.3 is 6.18 Å². The lowest BCUT2D eigenvalue weighted by Gasteiger charge is -2.43. The van der Waals surface area contributed by atoms with Crippen LogP contribution in [0.5, 0.6) is 0 Å². The zero-order valence-corrected chi connectivity index (χ0v) is 21.6. The second-order valence-electron chi connectivity index (χ2n) is 8.94. The smallest absolute Gasteiger partial charge is 0.392 e. The minimum atomic E-state index is -4.47. The molecule has 0 aliphatic carbocycles. The third-order valence-electron chi connectivity index (χ3n) is 6.59. The van der Waals surface area contributed by atoms with E-state index in [-0.39, 0.29) is 5.56 Å². The molecule has 7 nitrogen and oxygen atoms in total. The predicted molar refractivity (Wildman–Crippen MR) is 131 cm³/mol. The van der Waals surface area contributed by atoms with Crippen LogP contribution >= 0.6 is 11.3 Å². The molecular formula is C25H32F3N5O2S. The third-order valence-corrected chi connectivity index (χ3v) is 8.10. The van der Waals surface area contributed by atoms with Crippen LogP contribution in [-0.4, -0.2) is 49.5 Å². The van der Waals surface area contributed by atoms with Gasteiger partial charge in [-0.2, -0.15) is 18.3 Å². The molecule has 2 aliphatic rings. The first-order valence-electron chi connectivity index (χ1n) is 12.3. The lowest BCUT2D eigenvalue weighted by atomic mass is 9.84. The van der Waals surface area contributed by atoms with Crippen molar-refractivity contribution in [1.82, 2.24) is 24.6 Å². The lowest BCUT2D eigenvalue weighted by molar-refractivity contribution is -0.135. The summed E-state index contributed by atoms with van der Waals surface area (Å²) in [6, 6.07) is 0. The Balaban J connectivity index is 0.00000148. The van der Waals surface area contributed by atoms with Gasteiger partial charge in [-0.25, -0.2) is 0 Å². The molecular weight excluding hydrogens is 491 g/mol. The van der Waals surface area contributed by atoms with Crippen LogP contribution in [0.1, 0.15) is 64.5 Å². The van der Waals surface area contributed by atoms with E-state index >= 15 is 0 Å². The van der Waals surface area contributed by atoms with Crippen LogP contribution in [-0.2, 0) is 42.6 Å². The summed E-state index contributed by atoms with van der Waals surface area (Å²) < 4.78 is 48.7. The van der Waals surface area contributed by atoms with Gasteiger partial charge in [0.2, 0.25) is 0 Å². The van der Waals surface area contributed by atoms with Gasteiger partial charge in [0.1, 0.15) is 10.5 Å². The zero-order chi connectivity index (χ0) is 25.9. The number of thiophene rings is 1. The summed E-state index contributed by atoms with van der Waals surface area (Å²) >= 11 is 0.756. The number of fused-ring (bicyclic) bond motifs is 2. The maximum atomic E-state index is 13.6. The van der Waals surface area contributed by atoms with Crippen LogP contribution in [0.15, 0.2) is 24.8 Å². The molecule has 0 bridgehead atoms. The summed E-state index contributed by atoms with van der Waals surface area (Å²) in [5.41, 5.74) is 2.74. The number of likely N-dealkylation sites (tertiary alicyclic amines) is 1. The molecule has 36 heavy (non-hydrogen) atoms. The minimum Gasteiger partial charge on any atom is -0.392 e. The maximum absolute atomic E-state index is 13.6. The van der Waals surface area contributed by atoms with E-state index in [2.05, 4.69) is 20.0 Å². The number of aromatic nitrogens is 4. The van der Waals surface area contributed by atoms with Crippen molar-refractivity contribution in [2.45, 2.75) is 71.5 Å². The first-order chi connectivity index (χ1) is 17.3. The Morgan fingerprint density at radius 2 is 1.86 bits per heavy atom. The van der Waals surface area contributed by atoms with Crippen LogP contribution < -0.4 is 0 Å². The van der Waals surface area contributed by atoms with Gasteiger partial charge < -0.3 is 9.84 Å². The Morgan fingerprint density at radius 1 is 1.11 bits per heavy atom. The molecule has 11 heteroatoms. The number of hydrogen-bond donors (Lipinski definition) is 1. The number of aryl methyl sites for hydroxylation is 1. The van der Waals surface area contributed by atoms with Crippen LogP contribution in [0.4, 0.5) is 13.2 Å². The number of nitrogens with zero attached hydrogens (tertiary/aromatic N) is 5. The second-order valence-corrected chi connectivity index (χ2v) is 9.96. The number of piperidine rings is 1. The highest BCUT2D eigenvalue weighted by Gasteiger charge is 2.47. The molecule has 196 valence electrons. The van der Waals surface area contributed by atoms with Crippen molar-refractivity contribution >= 4 is 11.3 Å². The molecule has 0 atom stereocenters. The van der Waals surface area contributed by atoms with Crippen LogP contribution in [0.3, 0.4) is 0 Å². The molecule has 1 spiro atoms. The number of aliphatic hydroxyl groups excluding tert-OH is 1. The van der Waals surface area contributed by atoms with Crippen molar-refractivity contribution in [3.05, 3.63) is 62.6 Å². The molecule has 3 aromatic rings. The highest BCUT2D eigenvalue weighted by Crippen LogP contribution is 2.50. The van der Waals surface area contributed by atoms with Crippen molar-refractivity contribution < 1.29 is 23.0 Å². The monoisotopic (exact) mass is 523 g/mol. The highest BCUT2D eigenvalue weighted by molar-refractivity contribution is 7.12. The summed E-state index contributed by atoms with van der Waals surface area (Å²) in [5.74, 6) is 0. The van der Waals surface area contributed by atoms with Gasteiger partial charge in [-0.05, 0) is 31.7 Å². The standard InChI is InChI=1S/C23H26F3N5O2S.C2H6/c1-15-8-28-17(10-27-15)13-31-12-16(9-29-31)11-30-5-3-22(4-6-30)20-18(2-7-33-22)19(14-32)21(34-20)23(24,25)26;1-2/h8-10,12,32H,2-7,11,13-14H2,1H3;1-2H3. The van der Waals surface area contributed by atoms with Gasteiger partial charge in [0.05, 0.1) is 43.5 Å². The average molecular weight is 524 g/mol. The van der Waals surface area contributed by atoms with Crippen molar-refractivity contribution in [2.75, 3.05) is 19.7 Å². The van der Waals surface area contributed by atoms with Crippen molar-refractivity contribution in [1.29, 1.82) is 0 Å². The number of aliphatic hydroxyl groups is 1. The maximum Gasteiger partial charge on any atom is 0.425 e. The summed E-state index contributed by atoms with van der Waals surface area (Å²) in [7, 11) is 0. The Morgan fingerprint density at radius 3 is 2.50 bits per heavy atom. The van der Waals surface area contributed by atoms with Crippen molar-refractivity contribution in [3.8, 4) is 0 Å². The van der Waals surface area contributed by atoms with Crippen LogP contribution in [0.25, 0.3) is 0 Å². The zero-order valence-electron chi connectivity index (χ0n) is 20.8. The summed E-state index contributed by atoms with van der Waals surface area (Å²) in [5, 5.41) is 14.1. The third kappa shape index (κ3) is 5.49. The van der Waals surface area contributed by atoms with Gasteiger partial charge in [0.15, 0.2) is 0 Å². The summed E-state index contributed by atoms with van der Waals surface area (Å²) in [6.07, 6.45) is 4.49. The van der Waals surface area contributed by atoms with E-state index in [1.165, 1.54) is 0 Å². The number of alkyl halides is 3. The largest absolute Gasteiger partial charge is 0.425 e. The fourth-order valence-electron chi connectivity index (χ4n) is 4.89. The van der Waals surface area contributed by atoms with E-state index in [0.717, 1.165) is 28.3 Å². The molecule has 0 saturated carbocycles. The van der Waals surface area contributed by atoms with Gasteiger partial charge in [0.25, 0.3) is 0 Å². The number of halogens is 3. The van der Waals surface area contributed by atoms with Gasteiger partial charge in [0, 0.05) is 48.0 Å². The van der Waals surface area contributed by atoms with Gasteiger partial charge in [-0.15, -0.1) is 11.3 Å². The Hall–Kier alpha value is -2.34. The van der Waals surface area contributed by atoms with E-state index in [4.69, 9.17) is 4.74 Å². The molecule has 5 rings (SSSR count). The molecule has 0 radical (unpaired) electrons. The minimum absolute atomic E-state index is 0.0308. The molecule has 5 heterocycles. The summed E-state index contributed by atoms with van der Waals surface area (Å²) in [4.78, 5) is 10.9. The Labute approximate surface area is 213 Å².